The molecule has 4 nitrogen and oxygen atoms in total. The second-order valence-corrected chi connectivity index (χ2v) is 8.01. The Morgan fingerprint density at radius 3 is 2.33 bits per heavy atom. The highest BCUT2D eigenvalue weighted by Gasteiger charge is 2.16. The minimum Gasteiger partial charge on any atom is -0.350 e. The number of aromatic nitrogens is 1. The molecule has 0 saturated carbocycles. The summed E-state index contributed by atoms with van der Waals surface area (Å²) in [6, 6.07) is 0. The molecule has 1 aromatic rings. The van der Waals surface area contributed by atoms with Crippen LogP contribution in [-0.4, -0.2) is 49.7 Å². The van der Waals surface area contributed by atoms with Crippen LogP contribution in [0, 0.1) is 0 Å². The lowest BCUT2D eigenvalue weighted by atomic mass is 10.1. The number of likely N-dealkylation sites (N-methyl/N-ethyl adjacent to an activating group) is 2. The van der Waals surface area contributed by atoms with Gasteiger partial charge in [0.05, 0.1) is 5.69 Å². The fourth-order valence-corrected chi connectivity index (χ4v) is 2.93. The lowest BCUT2D eigenvalue weighted by Crippen LogP contribution is -2.35. The van der Waals surface area contributed by atoms with Crippen LogP contribution < -0.4 is 10.2 Å². The first-order chi connectivity index (χ1) is 9.73. The normalized spacial score (nSPS) is 12.2. The van der Waals surface area contributed by atoms with Crippen LogP contribution in [0.4, 0.5) is 5.13 Å². The van der Waals surface area contributed by atoms with Gasteiger partial charge < -0.3 is 15.1 Å². The molecule has 5 heteroatoms. The Bertz CT molecular complexity index is 420. The molecular formula is C16H32N4S. The highest BCUT2D eigenvalue weighted by Crippen LogP contribution is 2.27. The van der Waals surface area contributed by atoms with Gasteiger partial charge in [-0.3, -0.25) is 0 Å². The van der Waals surface area contributed by atoms with Gasteiger partial charge in [0.15, 0.2) is 5.13 Å². The lowest BCUT2D eigenvalue weighted by molar-refractivity contribution is 0.416. The Kier molecular flexibility index (Phi) is 7.10. The number of hydrogen-bond acceptors (Lipinski definition) is 5. The molecule has 1 N–H and O–H groups in total. The van der Waals surface area contributed by atoms with Crippen molar-refractivity contribution in [3.63, 3.8) is 0 Å². The van der Waals surface area contributed by atoms with Gasteiger partial charge >= 0.3 is 0 Å². The van der Waals surface area contributed by atoms with Crippen LogP contribution in [0.3, 0.4) is 0 Å². The smallest absolute Gasteiger partial charge is 0.185 e. The quantitative estimate of drug-likeness (QED) is 0.799. The van der Waals surface area contributed by atoms with E-state index in [-0.39, 0.29) is 5.54 Å². The predicted molar refractivity (Wildman–Crippen MR) is 94.5 cm³/mol. The van der Waals surface area contributed by atoms with E-state index in [4.69, 9.17) is 4.98 Å². The summed E-state index contributed by atoms with van der Waals surface area (Å²) in [5.74, 6) is 0. The largest absolute Gasteiger partial charge is 0.350 e. The van der Waals surface area contributed by atoms with Gasteiger partial charge in [-0.2, -0.15) is 0 Å². The van der Waals surface area contributed by atoms with Crippen LogP contribution in [0.15, 0.2) is 0 Å². The number of thiazole rings is 1. The Morgan fingerprint density at radius 1 is 1.14 bits per heavy atom. The third-order valence-corrected chi connectivity index (χ3v) is 4.45. The van der Waals surface area contributed by atoms with E-state index in [1.165, 1.54) is 10.6 Å². The summed E-state index contributed by atoms with van der Waals surface area (Å²) in [6.45, 7) is 11.8. The molecule has 1 heterocycles. The summed E-state index contributed by atoms with van der Waals surface area (Å²) in [5, 5.41) is 4.73. The molecule has 0 aliphatic heterocycles. The predicted octanol–water partition coefficient (Wildman–Crippen LogP) is 2.98. The van der Waals surface area contributed by atoms with Crippen molar-refractivity contribution in [1.29, 1.82) is 0 Å². The Morgan fingerprint density at radius 2 is 1.81 bits per heavy atom. The van der Waals surface area contributed by atoms with Crippen molar-refractivity contribution < 1.29 is 0 Å². The highest BCUT2D eigenvalue weighted by molar-refractivity contribution is 7.15. The average molecular weight is 313 g/mol. The highest BCUT2D eigenvalue weighted by atomic mass is 32.1. The fraction of sp³-hybridized carbons (Fsp3) is 0.812. The molecule has 1 rings (SSSR count). The zero-order valence-electron chi connectivity index (χ0n) is 14.8. The summed E-state index contributed by atoms with van der Waals surface area (Å²) in [5.41, 5.74) is 1.41. The number of anilines is 1. The maximum atomic E-state index is 4.86. The maximum absolute atomic E-state index is 4.86. The molecule has 0 amide bonds. The van der Waals surface area contributed by atoms with Gasteiger partial charge in [-0.05, 0) is 41.3 Å². The molecule has 0 aromatic carbocycles. The zero-order valence-corrected chi connectivity index (χ0v) is 15.6. The molecular weight excluding hydrogens is 280 g/mol. The summed E-state index contributed by atoms with van der Waals surface area (Å²) < 4.78 is 0. The standard InChI is InChI=1S/C16H32N4S/c1-8-9-13-14(12-17-16(2,3)4)21-15(18-13)20(7)11-10-19(5)6/h17H,8-12H2,1-7H3. The minimum atomic E-state index is 0.143. The first-order valence-corrected chi connectivity index (χ1v) is 8.64. The summed E-state index contributed by atoms with van der Waals surface area (Å²) in [4.78, 5) is 10.7. The topological polar surface area (TPSA) is 31.4 Å². The Hall–Kier alpha value is -0.650. The number of hydrogen-bond donors (Lipinski definition) is 1. The number of nitrogens with one attached hydrogen (secondary N) is 1. The van der Waals surface area contributed by atoms with E-state index in [9.17, 15) is 0 Å². The van der Waals surface area contributed by atoms with E-state index in [2.05, 4.69) is 64.0 Å². The molecule has 0 aliphatic rings. The summed E-state index contributed by atoms with van der Waals surface area (Å²) in [7, 11) is 6.35. The average Bonchev–Trinajstić information content (AvgIpc) is 2.76. The first kappa shape index (κ1) is 18.4. The first-order valence-electron chi connectivity index (χ1n) is 7.82. The summed E-state index contributed by atoms with van der Waals surface area (Å²) >= 11 is 1.83. The monoisotopic (exact) mass is 312 g/mol. The lowest BCUT2D eigenvalue weighted by Gasteiger charge is -2.20. The van der Waals surface area contributed by atoms with Gasteiger partial charge in [-0.25, -0.2) is 4.98 Å². The molecule has 0 atom stereocenters. The second kappa shape index (κ2) is 8.11. The van der Waals surface area contributed by atoms with Gasteiger partial charge in [0.1, 0.15) is 0 Å². The molecule has 0 radical (unpaired) electrons. The fourth-order valence-electron chi connectivity index (χ4n) is 1.89. The van der Waals surface area contributed by atoms with Gasteiger partial charge in [0.25, 0.3) is 0 Å². The molecule has 1 aromatic heterocycles. The van der Waals surface area contributed by atoms with Crippen molar-refractivity contribution in [2.45, 2.75) is 52.6 Å². The van der Waals surface area contributed by atoms with Gasteiger partial charge in [-0.15, -0.1) is 11.3 Å². The number of nitrogens with zero attached hydrogens (tertiary/aromatic N) is 3. The van der Waals surface area contributed by atoms with Crippen molar-refractivity contribution >= 4 is 16.5 Å². The Balaban J connectivity index is 2.77. The molecule has 0 unspecified atom stereocenters. The van der Waals surface area contributed by atoms with Crippen LogP contribution in [0.25, 0.3) is 0 Å². The van der Waals surface area contributed by atoms with E-state index < -0.39 is 0 Å². The third kappa shape index (κ3) is 6.76. The molecule has 0 saturated heterocycles. The molecule has 0 bridgehead atoms. The van der Waals surface area contributed by atoms with Crippen LogP contribution in [0.1, 0.15) is 44.7 Å². The zero-order chi connectivity index (χ0) is 16.0. The van der Waals surface area contributed by atoms with Gasteiger partial charge in [-0.1, -0.05) is 13.3 Å². The molecule has 21 heavy (non-hydrogen) atoms. The van der Waals surface area contributed by atoms with Crippen molar-refractivity contribution in [2.75, 3.05) is 39.1 Å². The number of rotatable bonds is 8. The minimum absolute atomic E-state index is 0.143. The van der Waals surface area contributed by atoms with Crippen LogP contribution in [0.2, 0.25) is 0 Å². The van der Waals surface area contributed by atoms with Crippen molar-refractivity contribution in [1.82, 2.24) is 15.2 Å². The SMILES string of the molecule is CCCc1nc(N(C)CCN(C)C)sc1CNC(C)(C)C. The van der Waals surface area contributed by atoms with Gasteiger partial charge in [0, 0.05) is 37.1 Å². The van der Waals surface area contributed by atoms with E-state index in [0.717, 1.165) is 37.6 Å². The molecule has 122 valence electrons. The van der Waals surface area contributed by atoms with Crippen molar-refractivity contribution in [2.24, 2.45) is 0 Å². The van der Waals surface area contributed by atoms with Crippen LogP contribution in [-0.2, 0) is 13.0 Å². The summed E-state index contributed by atoms with van der Waals surface area (Å²) in [6.07, 6.45) is 2.21. The molecule has 0 spiro atoms. The molecule has 0 aliphatic carbocycles. The van der Waals surface area contributed by atoms with E-state index in [1.54, 1.807) is 0 Å². The Labute approximate surface area is 134 Å². The van der Waals surface area contributed by atoms with Crippen molar-refractivity contribution in [3.05, 3.63) is 10.6 Å². The van der Waals surface area contributed by atoms with Crippen LogP contribution >= 0.6 is 11.3 Å². The van der Waals surface area contributed by atoms with E-state index in [1.807, 2.05) is 11.3 Å². The second-order valence-electron chi connectivity index (χ2n) is 6.94. The molecule has 0 fully saturated rings. The maximum Gasteiger partial charge on any atom is 0.185 e. The number of aryl methyl sites for hydroxylation is 1. The van der Waals surface area contributed by atoms with E-state index in [0.29, 0.717) is 0 Å². The van der Waals surface area contributed by atoms with Gasteiger partial charge in [0.2, 0.25) is 0 Å². The van der Waals surface area contributed by atoms with Crippen LogP contribution in [0.5, 0.6) is 0 Å². The van der Waals surface area contributed by atoms with E-state index >= 15 is 0 Å². The third-order valence-electron chi connectivity index (χ3n) is 3.24. The van der Waals surface area contributed by atoms with Crippen molar-refractivity contribution in [3.8, 4) is 0 Å².